The minimum atomic E-state index is -2.40. The van der Waals surface area contributed by atoms with Crippen molar-refractivity contribution in [2.24, 2.45) is 0 Å². The molecule has 10 heteroatoms. The highest BCUT2D eigenvalue weighted by Gasteiger charge is 2.16. The van der Waals surface area contributed by atoms with Crippen molar-refractivity contribution in [1.82, 2.24) is 19.5 Å². The number of aromatic nitrogens is 4. The third-order valence-electron chi connectivity index (χ3n) is 3.36. The number of rotatable bonds is 3. The van der Waals surface area contributed by atoms with Crippen molar-refractivity contribution in [2.75, 3.05) is 5.73 Å². The van der Waals surface area contributed by atoms with E-state index in [2.05, 4.69) is 15.0 Å². The largest absolute Gasteiger partial charge is 0.382 e. The van der Waals surface area contributed by atoms with Gasteiger partial charge in [0.05, 0.1) is 6.54 Å². The van der Waals surface area contributed by atoms with E-state index in [-0.39, 0.29) is 28.7 Å². The predicted octanol–water partition coefficient (Wildman–Crippen LogP) is 1.29. The fraction of sp³-hybridized carbons (Fsp3) is 0.154. The first-order valence-corrected chi connectivity index (χ1v) is 7.97. The van der Waals surface area contributed by atoms with E-state index in [4.69, 9.17) is 21.9 Å². The Morgan fingerprint density at radius 1 is 1.43 bits per heavy atom. The summed E-state index contributed by atoms with van der Waals surface area (Å²) in [6.07, 6.45) is 0. The van der Waals surface area contributed by atoms with Crippen LogP contribution in [0.3, 0.4) is 0 Å². The van der Waals surface area contributed by atoms with Gasteiger partial charge in [-0.25, -0.2) is 9.00 Å². The molecule has 120 valence electrons. The van der Waals surface area contributed by atoms with Crippen molar-refractivity contribution in [3.63, 3.8) is 0 Å². The number of hydrogen-bond acceptors (Lipinski definition) is 5. The van der Waals surface area contributed by atoms with Crippen molar-refractivity contribution in [2.45, 2.75) is 18.6 Å². The van der Waals surface area contributed by atoms with Crippen LogP contribution in [-0.2, 0) is 17.6 Å². The quantitative estimate of drug-likeness (QED) is 0.481. The van der Waals surface area contributed by atoms with Gasteiger partial charge in [-0.15, -0.1) is 0 Å². The molecule has 1 atom stereocenters. The van der Waals surface area contributed by atoms with Gasteiger partial charge in [-0.3, -0.25) is 9.12 Å². The monoisotopic (exact) mass is 353 g/mol. The van der Waals surface area contributed by atoms with Crippen LogP contribution in [0.25, 0.3) is 11.2 Å². The maximum atomic E-state index is 12.1. The summed E-state index contributed by atoms with van der Waals surface area (Å²) in [6.45, 7) is 2.06. The van der Waals surface area contributed by atoms with E-state index in [1.807, 2.05) is 19.1 Å². The molecule has 4 N–H and O–H groups in total. The molecule has 1 aromatic carbocycles. The Bertz CT molecular complexity index is 997. The second-order valence-corrected chi connectivity index (χ2v) is 6.21. The zero-order valence-corrected chi connectivity index (χ0v) is 13.5. The van der Waals surface area contributed by atoms with Crippen LogP contribution >= 0.6 is 11.6 Å². The second kappa shape index (κ2) is 5.76. The molecule has 2 heterocycles. The zero-order chi connectivity index (χ0) is 16.7. The number of nitrogen functional groups attached to an aromatic ring is 1. The van der Waals surface area contributed by atoms with Gasteiger partial charge in [0.15, 0.2) is 11.5 Å². The standard InChI is InChI=1S/C13H12ClN5O3S/c1-6-2-3-7(4-8(6)14)5-19-11-9(16-13(19)20)10(15)17-12(18-11)23(21)22/h2-4H,5H2,1H3,(H,16,20)(H,21,22)(H2,15,17,18). The summed E-state index contributed by atoms with van der Waals surface area (Å²) in [5.74, 6) is -0.0646. The molecule has 1 unspecified atom stereocenters. The Hall–Kier alpha value is -2.23. The number of H-pyrrole nitrogens is 1. The van der Waals surface area contributed by atoms with E-state index in [1.165, 1.54) is 4.57 Å². The van der Waals surface area contributed by atoms with Crippen molar-refractivity contribution >= 4 is 39.7 Å². The number of nitrogens with two attached hydrogens (primary N) is 1. The molecule has 0 saturated carbocycles. The molecule has 0 aliphatic heterocycles. The molecule has 8 nitrogen and oxygen atoms in total. The van der Waals surface area contributed by atoms with Crippen LogP contribution < -0.4 is 11.4 Å². The van der Waals surface area contributed by atoms with Gasteiger partial charge in [-0.05, 0) is 24.1 Å². The fourth-order valence-corrected chi connectivity index (χ4v) is 2.72. The topological polar surface area (TPSA) is 127 Å². The van der Waals surface area contributed by atoms with Gasteiger partial charge < -0.3 is 10.7 Å². The minimum absolute atomic E-state index is 0.0646. The Balaban J connectivity index is 2.16. The number of nitrogens with one attached hydrogen (secondary N) is 1. The van der Waals surface area contributed by atoms with E-state index in [0.29, 0.717) is 5.02 Å². The smallest absolute Gasteiger partial charge is 0.328 e. The van der Waals surface area contributed by atoms with Crippen molar-refractivity contribution < 1.29 is 8.76 Å². The van der Waals surface area contributed by atoms with Gasteiger partial charge in [0, 0.05) is 5.02 Å². The zero-order valence-electron chi connectivity index (χ0n) is 11.9. The summed E-state index contributed by atoms with van der Waals surface area (Å²) in [7, 11) is 0. The average Bonchev–Trinajstić information content (AvgIpc) is 2.80. The number of halogens is 1. The van der Waals surface area contributed by atoms with E-state index in [0.717, 1.165) is 11.1 Å². The number of hydrogen-bond donors (Lipinski definition) is 3. The first-order chi connectivity index (χ1) is 10.9. The Kier molecular flexibility index (Phi) is 3.92. The molecule has 0 aliphatic carbocycles. The van der Waals surface area contributed by atoms with Gasteiger partial charge in [-0.2, -0.15) is 9.97 Å². The SMILES string of the molecule is Cc1ccc(Cn2c(=O)[nH]c3c(N)nc(S(=O)O)nc32)cc1Cl. The third kappa shape index (κ3) is 2.85. The predicted molar refractivity (Wildman–Crippen MR) is 86.9 cm³/mol. The Labute approximate surface area is 137 Å². The number of fused-ring (bicyclic) bond motifs is 1. The van der Waals surface area contributed by atoms with E-state index >= 15 is 0 Å². The van der Waals surface area contributed by atoms with Gasteiger partial charge in [-0.1, -0.05) is 23.7 Å². The maximum absolute atomic E-state index is 12.1. The first kappa shape index (κ1) is 15.7. The molecule has 0 bridgehead atoms. The van der Waals surface area contributed by atoms with Gasteiger partial charge >= 0.3 is 5.69 Å². The lowest BCUT2D eigenvalue weighted by molar-refractivity contribution is 0.555. The lowest BCUT2D eigenvalue weighted by Gasteiger charge is -2.06. The number of aryl methyl sites for hydroxylation is 1. The van der Waals surface area contributed by atoms with Crippen molar-refractivity contribution in [3.05, 3.63) is 44.8 Å². The highest BCUT2D eigenvalue weighted by molar-refractivity contribution is 7.79. The molecule has 0 saturated heterocycles. The lowest BCUT2D eigenvalue weighted by Crippen LogP contribution is -2.18. The molecule has 3 rings (SSSR count). The molecular weight excluding hydrogens is 342 g/mol. The molecule has 0 radical (unpaired) electrons. The van der Waals surface area contributed by atoms with Crippen LogP contribution in [0, 0.1) is 6.92 Å². The summed E-state index contributed by atoms with van der Waals surface area (Å²) >= 11 is 3.69. The molecule has 23 heavy (non-hydrogen) atoms. The Morgan fingerprint density at radius 3 is 2.83 bits per heavy atom. The molecule has 0 spiro atoms. The summed E-state index contributed by atoms with van der Waals surface area (Å²) < 4.78 is 21.6. The minimum Gasteiger partial charge on any atom is -0.382 e. The normalized spacial score (nSPS) is 12.7. The number of imidazole rings is 1. The Morgan fingerprint density at radius 2 is 2.17 bits per heavy atom. The van der Waals surface area contributed by atoms with E-state index in [9.17, 15) is 9.00 Å². The molecule has 2 aromatic heterocycles. The van der Waals surface area contributed by atoms with Gasteiger partial charge in [0.25, 0.3) is 5.16 Å². The van der Waals surface area contributed by atoms with E-state index in [1.54, 1.807) is 6.07 Å². The van der Waals surface area contributed by atoms with E-state index < -0.39 is 16.8 Å². The highest BCUT2D eigenvalue weighted by Crippen LogP contribution is 2.19. The summed E-state index contributed by atoms with van der Waals surface area (Å²) in [5, 5.41) is 0.228. The summed E-state index contributed by atoms with van der Waals surface area (Å²) in [5.41, 5.74) is 7.36. The van der Waals surface area contributed by atoms with Crippen LogP contribution in [0.5, 0.6) is 0 Å². The van der Waals surface area contributed by atoms with Crippen molar-refractivity contribution in [1.29, 1.82) is 0 Å². The average molecular weight is 354 g/mol. The van der Waals surface area contributed by atoms with Crippen LogP contribution in [-0.4, -0.2) is 28.3 Å². The van der Waals surface area contributed by atoms with Crippen molar-refractivity contribution in [3.8, 4) is 0 Å². The van der Waals surface area contributed by atoms with Gasteiger partial charge in [0.2, 0.25) is 11.1 Å². The summed E-state index contributed by atoms with van der Waals surface area (Å²) in [4.78, 5) is 22.3. The molecule has 0 amide bonds. The molecular formula is C13H12ClN5O3S. The van der Waals surface area contributed by atoms with Crippen LogP contribution in [0.4, 0.5) is 5.82 Å². The van der Waals surface area contributed by atoms with Crippen LogP contribution in [0.15, 0.2) is 28.2 Å². The number of anilines is 1. The number of aromatic amines is 1. The third-order valence-corrected chi connectivity index (χ3v) is 4.27. The number of benzene rings is 1. The lowest BCUT2D eigenvalue weighted by atomic mass is 10.1. The molecule has 0 fully saturated rings. The van der Waals surface area contributed by atoms with Crippen LogP contribution in [0.1, 0.15) is 11.1 Å². The molecule has 3 aromatic rings. The highest BCUT2D eigenvalue weighted by atomic mass is 35.5. The first-order valence-electron chi connectivity index (χ1n) is 6.48. The van der Waals surface area contributed by atoms with Crippen LogP contribution in [0.2, 0.25) is 5.02 Å². The van der Waals surface area contributed by atoms with Gasteiger partial charge in [0.1, 0.15) is 5.52 Å². The fourth-order valence-electron chi connectivity index (χ4n) is 2.17. The molecule has 0 aliphatic rings. The number of nitrogens with zero attached hydrogens (tertiary/aromatic N) is 3. The maximum Gasteiger partial charge on any atom is 0.328 e. The summed E-state index contributed by atoms with van der Waals surface area (Å²) in [6, 6.07) is 5.43. The second-order valence-electron chi connectivity index (χ2n) is 4.94.